The van der Waals surface area contributed by atoms with Crippen molar-refractivity contribution < 1.29 is 13.6 Å². The number of hydrogen-bond donors (Lipinski definition) is 1. The molecular weight excluding hydrogens is 314 g/mol. The second-order valence-corrected chi connectivity index (χ2v) is 6.24. The van der Waals surface area contributed by atoms with E-state index < -0.39 is 11.6 Å². The van der Waals surface area contributed by atoms with Crippen molar-refractivity contribution in [1.29, 1.82) is 0 Å². The Hall–Kier alpha value is -2.31. The van der Waals surface area contributed by atoms with Crippen molar-refractivity contribution in [2.45, 2.75) is 51.1 Å². The molecule has 128 valence electrons. The Morgan fingerprint density at radius 2 is 2.12 bits per heavy atom. The molecule has 1 heterocycles. The molecule has 0 saturated heterocycles. The van der Waals surface area contributed by atoms with Crippen LogP contribution in [-0.4, -0.2) is 20.7 Å². The van der Waals surface area contributed by atoms with Crippen molar-refractivity contribution in [2.24, 2.45) is 0 Å². The fourth-order valence-electron chi connectivity index (χ4n) is 3.22. The molecule has 1 aliphatic carbocycles. The van der Waals surface area contributed by atoms with Crippen LogP contribution in [0.4, 0.5) is 8.78 Å². The summed E-state index contributed by atoms with van der Waals surface area (Å²) in [5.74, 6) is -1.01. The van der Waals surface area contributed by atoms with Gasteiger partial charge in [0.2, 0.25) is 5.91 Å². The Labute approximate surface area is 139 Å². The molecule has 1 fully saturated rings. The second-order valence-electron chi connectivity index (χ2n) is 6.24. The number of carbonyl (C=O) groups is 1. The molecule has 1 saturated carbocycles. The Bertz CT molecular complexity index is 725. The summed E-state index contributed by atoms with van der Waals surface area (Å²) in [6.07, 6.45) is 6.11. The number of benzene rings is 1. The Morgan fingerprint density at radius 1 is 1.38 bits per heavy atom. The second kappa shape index (κ2) is 7.07. The van der Waals surface area contributed by atoms with Crippen LogP contribution in [0.1, 0.15) is 56.1 Å². The first-order valence-electron chi connectivity index (χ1n) is 8.17. The quantitative estimate of drug-likeness (QED) is 0.914. The Morgan fingerprint density at radius 3 is 2.83 bits per heavy atom. The standard InChI is InChI=1S/C17H20F2N4O/c1-11(17-22-20-10-23(17)14-4-2-3-5-14)21-16(24)8-12-6-7-13(18)9-15(12)19/h6-7,9-11,14H,2-5,8H2,1H3,(H,21,24). The molecule has 1 aromatic carbocycles. The molecule has 1 N–H and O–H groups in total. The van der Waals surface area contributed by atoms with Crippen molar-refractivity contribution >= 4 is 5.91 Å². The molecule has 1 atom stereocenters. The molecule has 24 heavy (non-hydrogen) atoms. The normalized spacial score (nSPS) is 16.3. The highest BCUT2D eigenvalue weighted by atomic mass is 19.1. The molecule has 1 aromatic heterocycles. The van der Waals surface area contributed by atoms with Crippen molar-refractivity contribution in [3.8, 4) is 0 Å². The van der Waals surface area contributed by atoms with Crippen LogP contribution in [0.25, 0.3) is 0 Å². The zero-order valence-electron chi connectivity index (χ0n) is 13.5. The van der Waals surface area contributed by atoms with Gasteiger partial charge in [0.15, 0.2) is 5.82 Å². The molecule has 5 nitrogen and oxygen atoms in total. The largest absolute Gasteiger partial charge is 0.346 e. The summed E-state index contributed by atoms with van der Waals surface area (Å²) in [5.41, 5.74) is 0.165. The third-order valence-electron chi connectivity index (χ3n) is 4.45. The van der Waals surface area contributed by atoms with E-state index in [9.17, 15) is 13.6 Å². The minimum Gasteiger partial charge on any atom is -0.346 e. The van der Waals surface area contributed by atoms with Gasteiger partial charge in [-0.15, -0.1) is 10.2 Å². The molecule has 1 aliphatic rings. The summed E-state index contributed by atoms with van der Waals surface area (Å²) < 4.78 is 28.6. The Kier molecular flexibility index (Phi) is 4.87. The highest BCUT2D eigenvalue weighted by molar-refractivity contribution is 5.78. The fraction of sp³-hybridized carbons (Fsp3) is 0.471. The van der Waals surface area contributed by atoms with Gasteiger partial charge in [-0.2, -0.15) is 0 Å². The lowest BCUT2D eigenvalue weighted by Gasteiger charge is -2.18. The number of nitrogens with one attached hydrogen (secondary N) is 1. The average molecular weight is 334 g/mol. The first kappa shape index (κ1) is 16.5. The van der Waals surface area contributed by atoms with Crippen LogP contribution in [-0.2, 0) is 11.2 Å². The maximum atomic E-state index is 13.6. The van der Waals surface area contributed by atoms with Gasteiger partial charge >= 0.3 is 0 Å². The van der Waals surface area contributed by atoms with Gasteiger partial charge in [-0.05, 0) is 31.4 Å². The molecular formula is C17H20F2N4O. The van der Waals surface area contributed by atoms with Crippen molar-refractivity contribution in [3.63, 3.8) is 0 Å². The van der Waals surface area contributed by atoms with E-state index in [1.807, 2.05) is 11.5 Å². The first-order valence-corrected chi connectivity index (χ1v) is 8.17. The number of aromatic nitrogens is 3. The predicted octanol–water partition coefficient (Wildman–Crippen LogP) is 3.09. The smallest absolute Gasteiger partial charge is 0.225 e. The summed E-state index contributed by atoms with van der Waals surface area (Å²) >= 11 is 0. The maximum Gasteiger partial charge on any atom is 0.225 e. The monoisotopic (exact) mass is 334 g/mol. The molecule has 1 amide bonds. The summed E-state index contributed by atoms with van der Waals surface area (Å²) in [5, 5.41) is 10.9. The van der Waals surface area contributed by atoms with Crippen LogP contribution in [0.5, 0.6) is 0 Å². The van der Waals surface area contributed by atoms with Crippen LogP contribution < -0.4 is 5.32 Å². The SMILES string of the molecule is CC(NC(=O)Cc1ccc(F)cc1F)c1nncn1C1CCCC1. The summed E-state index contributed by atoms with van der Waals surface area (Å²) in [4.78, 5) is 12.2. The van der Waals surface area contributed by atoms with E-state index in [-0.39, 0.29) is 23.9 Å². The summed E-state index contributed by atoms with van der Waals surface area (Å²) in [7, 11) is 0. The molecule has 0 spiro atoms. The molecule has 3 rings (SSSR count). The summed E-state index contributed by atoms with van der Waals surface area (Å²) in [6.45, 7) is 1.83. The van der Waals surface area contributed by atoms with Gasteiger partial charge in [0, 0.05) is 12.1 Å². The predicted molar refractivity (Wildman–Crippen MR) is 84.1 cm³/mol. The van der Waals surface area contributed by atoms with E-state index in [1.165, 1.54) is 18.9 Å². The van der Waals surface area contributed by atoms with Gasteiger partial charge in [-0.25, -0.2) is 8.78 Å². The highest BCUT2D eigenvalue weighted by Gasteiger charge is 2.23. The minimum absolute atomic E-state index is 0.145. The van der Waals surface area contributed by atoms with E-state index in [2.05, 4.69) is 15.5 Å². The third kappa shape index (κ3) is 3.60. The third-order valence-corrected chi connectivity index (χ3v) is 4.45. The van der Waals surface area contributed by atoms with Crippen LogP contribution >= 0.6 is 0 Å². The van der Waals surface area contributed by atoms with Gasteiger partial charge in [-0.3, -0.25) is 4.79 Å². The number of amides is 1. The van der Waals surface area contributed by atoms with E-state index in [0.29, 0.717) is 11.9 Å². The van der Waals surface area contributed by atoms with Crippen LogP contribution in [0.2, 0.25) is 0 Å². The van der Waals surface area contributed by atoms with Crippen molar-refractivity contribution in [1.82, 2.24) is 20.1 Å². The molecule has 0 bridgehead atoms. The highest BCUT2D eigenvalue weighted by Crippen LogP contribution is 2.31. The lowest BCUT2D eigenvalue weighted by atomic mass is 10.1. The van der Waals surface area contributed by atoms with E-state index in [1.54, 1.807) is 6.33 Å². The van der Waals surface area contributed by atoms with Gasteiger partial charge in [0.25, 0.3) is 0 Å². The average Bonchev–Trinajstić information content (AvgIpc) is 3.19. The summed E-state index contributed by atoms with van der Waals surface area (Å²) in [6, 6.07) is 3.26. The first-order chi connectivity index (χ1) is 11.5. The Balaban J connectivity index is 1.65. The lowest BCUT2D eigenvalue weighted by molar-refractivity contribution is -0.121. The number of carbonyl (C=O) groups excluding carboxylic acids is 1. The van der Waals surface area contributed by atoms with Gasteiger partial charge in [0.1, 0.15) is 18.0 Å². The molecule has 0 aliphatic heterocycles. The minimum atomic E-state index is -0.716. The van der Waals surface area contributed by atoms with Crippen molar-refractivity contribution in [2.75, 3.05) is 0 Å². The van der Waals surface area contributed by atoms with Crippen LogP contribution in [0, 0.1) is 11.6 Å². The molecule has 1 unspecified atom stereocenters. The zero-order chi connectivity index (χ0) is 17.1. The number of halogens is 2. The lowest BCUT2D eigenvalue weighted by Crippen LogP contribution is -2.30. The molecule has 0 radical (unpaired) electrons. The van der Waals surface area contributed by atoms with E-state index >= 15 is 0 Å². The van der Waals surface area contributed by atoms with Gasteiger partial charge in [0.05, 0.1) is 12.5 Å². The fourth-order valence-corrected chi connectivity index (χ4v) is 3.22. The molecule has 2 aromatic rings. The maximum absolute atomic E-state index is 13.6. The van der Waals surface area contributed by atoms with E-state index in [0.717, 1.165) is 25.0 Å². The number of rotatable bonds is 5. The number of hydrogen-bond acceptors (Lipinski definition) is 3. The zero-order valence-corrected chi connectivity index (χ0v) is 13.5. The van der Waals surface area contributed by atoms with E-state index in [4.69, 9.17) is 0 Å². The van der Waals surface area contributed by atoms with Gasteiger partial charge < -0.3 is 9.88 Å². The van der Waals surface area contributed by atoms with Crippen LogP contribution in [0.3, 0.4) is 0 Å². The van der Waals surface area contributed by atoms with Crippen molar-refractivity contribution in [3.05, 3.63) is 47.5 Å². The topological polar surface area (TPSA) is 59.8 Å². The number of nitrogens with zero attached hydrogens (tertiary/aromatic N) is 3. The van der Waals surface area contributed by atoms with Crippen LogP contribution in [0.15, 0.2) is 24.5 Å². The van der Waals surface area contributed by atoms with Gasteiger partial charge in [-0.1, -0.05) is 18.9 Å². The molecule has 7 heteroatoms.